The van der Waals surface area contributed by atoms with Gasteiger partial charge in [-0.3, -0.25) is 10.1 Å². The van der Waals surface area contributed by atoms with Crippen molar-refractivity contribution < 1.29 is 18.4 Å². The molecule has 1 aliphatic rings. The Hall–Kier alpha value is -1.23. The van der Waals surface area contributed by atoms with E-state index in [0.29, 0.717) is 13.0 Å². The highest BCUT2D eigenvalue weighted by Crippen LogP contribution is 2.38. The molecule has 2 heterocycles. The van der Waals surface area contributed by atoms with E-state index in [1.807, 2.05) is 0 Å². The van der Waals surface area contributed by atoms with E-state index in [4.69, 9.17) is 0 Å². The molecule has 2 rings (SSSR count). The summed E-state index contributed by atoms with van der Waals surface area (Å²) in [4.78, 5) is 10.3. The van der Waals surface area contributed by atoms with Crippen molar-refractivity contribution in [3.8, 4) is 0 Å². The first-order valence-corrected chi connectivity index (χ1v) is 8.72. The lowest BCUT2D eigenvalue weighted by atomic mass is 10.0. The monoisotopic (exact) mass is 335 g/mol. The minimum atomic E-state index is -3.75. The largest absolute Gasteiger partial charge is 0.396 e. The molecule has 0 amide bonds. The van der Waals surface area contributed by atoms with Crippen LogP contribution >= 0.6 is 11.3 Å². The van der Waals surface area contributed by atoms with Crippen LogP contribution in [0.3, 0.4) is 0 Å². The number of hydrogen-bond donors (Lipinski definition) is 2. The molecule has 1 unspecified atom stereocenters. The molecule has 0 aromatic carbocycles. The fraction of sp³-hybridized carbons (Fsp3) is 0.636. The van der Waals surface area contributed by atoms with Crippen LogP contribution in [0.1, 0.15) is 12.8 Å². The highest BCUT2D eigenvalue weighted by atomic mass is 32.2. The Bertz CT molecular complexity index is 628. The second-order valence-electron chi connectivity index (χ2n) is 4.84. The first kappa shape index (κ1) is 16.1. The summed E-state index contributed by atoms with van der Waals surface area (Å²) in [6.45, 7) is 0.567. The third-order valence-corrected chi connectivity index (χ3v) is 6.90. The van der Waals surface area contributed by atoms with Gasteiger partial charge in [0.2, 0.25) is 0 Å². The van der Waals surface area contributed by atoms with Crippen molar-refractivity contribution in [2.24, 2.45) is 5.92 Å². The molecule has 118 valence electrons. The number of aliphatic hydroxyl groups excluding tert-OH is 1. The minimum Gasteiger partial charge on any atom is -0.396 e. The maximum atomic E-state index is 12.6. The Morgan fingerprint density at radius 3 is 2.86 bits per heavy atom. The van der Waals surface area contributed by atoms with E-state index in [1.165, 1.54) is 11.4 Å². The molecule has 1 aromatic heterocycles. The summed E-state index contributed by atoms with van der Waals surface area (Å²) >= 11 is 0.852. The number of rotatable bonds is 5. The average Bonchev–Trinajstić information content (AvgIpc) is 2.92. The topological polar surface area (TPSA) is 113 Å². The highest BCUT2D eigenvalue weighted by molar-refractivity contribution is 7.91. The lowest BCUT2D eigenvalue weighted by Gasteiger charge is -2.30. The lowest BCUT2D eigenvalue weighted by Crippen LogP contribution is -2.40. The van der Waals surface area contributed by atoms with Crippen molar-refractivity contribution in [2.75, 3.05) is 32.1 Å². The van der Waals surface area contributed by atoms with E-state index in [0.717, 1.165) is 23.8 Å². The average molecular weight is 335 g/mol. The minimum absolute atomic E-state index is 0.0443. The van der Waals surface area contributed by atoms with Gasteiger partial charge in [-0.15, -0.1) is 0 Å². The van der Waals surface area contributed by atoms with Crippen LogP contribution in [0.4, 0.5) is 10.7 Å². The SMILES string of the molecule is CNc1sc(S(=O)(=O)N2CCCC(CO)C2)cc1[N+](=O)[O-]. The number of sulfonamides is 1. The summed E-state index contributed by atoms with van der Waals surface area (Å²) in [5, 5.41) is 23.0. The molecule has 1 saturated heterocycles. The smallest absolute Gasteiger partial charge is 0.304 e. The number of anilines is 1. The molecule has 0 aliphatic carbocycles. The van der Waals surface area contributed by atoms with Gasteiger partial charge in [0.1, 0.15) is 4.21 Å². The summed E-state index contributed by atoms with van der Waals surface area (Å²) in [6, 6.07) is 1.09. The Morgan fingerprint density at radius 1 is 1.62 bits per heavy atom. The maximum Gasteiger partial charge on any atom is 0.304 e. The second kappa shape index (κ2) is 6.26. The molecule has 1 fully saturated rings. The van der Waals surface area contributed by atoms with Gasteiger partial charge >= 0.3 is 5.69 Å². The van der Waals surface area contributed by atoms with Crippen LogP contribution in [0.15, 0.2) is 10.3 Å². The van der Waals surface area contributed by atoms with E-state index >= 15 is 0 Å². The third-order valence-electron chi connectivity index (χ3n) is 3.45. The van der Waals surface area contributed by atoms with Gasteiger partial charge in [-0.2, -0.15) is 4.31 Å². The van der Waals surface area contributed by atoms with Gasteiger partial charge in [0, 0.05) is 32.8 Å². The molecule has 0 saturated carbocycles. The maximum absolute atomic E-state index is 12.6. The van der Waals surface area contributed by atoms with Crippen LogP contribution in [0.5, 0.6) is 0 Å². The molecule has 1 atom stereocenters. The van der Waals surface area contributed by atoms with Crippen molar-refractivity contribution in [3.63, 3.8) is 0 Å². The van der Waals surface area contributed by atoms with E-state index in [-0.39, 0.29) is 34.0 Å². The molecule has 0 bridgehead atoms. The van der Waals surface area contributed by atoms with Crippen LogP contribution in [0.2, 0.25) is 0 Å². The number of piperidine rings is 1. The summed E-state index contributed by atoms with van der Waals surface area (Å²) in [5.74, 6) is -0.0766. The molecule has 21 heavy (non-hydrogen) atoms. The number of aliphatic hydroxyl groups is 1. The lowest BCUT2D eigenvalue weighted by molar-refractivity contribution is -0.383. The zero-order chi connectivity index (χ0) is 15.6. The van der Waals surface area contributed by atoms with Crippen molar-refractivity contribution >= 4 is 32.0 Å². The number of hydrogen-bond acceptors (Lipinski definition) is 7. The van der Waals surface area contributed by atoms with Crippen LogP contribution < -0.4 is 5.32 Å². The summed E-state index contributed by atoms with van der Waals surface area (Å²) in [5.41, 5.74) is -0.239. The number of thiophene rings is 1. The molecule has 8 nitrogen and oxygen atoms in total. The standard InChI is InChI=1S/C11H17N3O5S2/c1-12-11-9(14(16)17)5-10(20-11)21(18,19)13-4-2-3-8(6-13)7-15/h5,8,12,15H,2-4,6-7H2,1H3. The predicted molar refractivity (Wildman–Crippen MR) is 79.1 cm³/mol. The van der Waals surface area contributed by atoms with E-state index < -0.39 is 14.9 Å². The zero-order valence-electron chi connectivity index (χ0n) is 11.5. The van der Waals surface area contributed by atoms with Crippen LogP contribution in [-0.4, -0.2) is 49.5 Å². The number of nitrogens with zero attached hydrogens (tertiary/aromatic N) is 2. The van der Waals surface area contributed by atoms with Gasteiger partial charge in [-0.05, 0) is 18.8 Å². The Labute approximate surface area is 126 Å². The van der Waals surface area contributed by atoms with Crippen LogP contribution in [-0.2, 0) is 10.0 Å². The third kappa shape index (κ3) is 3.18. The molecule has 1 aromatic rings. The first-order valence-electron chi connectivity index (χ1n) is 6.47. The fourth-order valence-electron chi connectivity index (χ4n) is 2.32. The van der Waals surface area contributed by atoms with Gasteiger partial charge in [-0.25, -0.2) is 8.42 Å². The van der Waals surface area contributed by atoms with E-state index in [9.17, 15) is 23.6 Å². The Balaban J connectivity index is 2.33. The highest BCUT2D eigenvalue weighted by Gasteiger charge is 2.33. The van der Waals surface area contributed by atoms with E-state index in [1.54, 1.807) is 0 Å². The van der Waals surface area contributed by atoms with Gasteiger partial charge in [0.25, 0.3) is 10.0 Å². The Morgan fingerprint density at radius 2 is 2.33 bits per heavy atom. The quantitative estimate of drug-likeness (QED) is 0.615. The molecule has 10 heteroatoms. The summed E-state index contributed by atoms with van der Waals surface area (Å²) < 4.78 is 26.4. The van der Waals surface area contributed by atoms with Crippen LogP contribution in [0.25, 0.3) is 0 Å². The molecular weight excluding hydrogens is 318 g/mol. The molecular formula is C11H17N3O5S2. The van der Waals surface area contributed by atoms with Gasteiger partial charge in [-0.1, -0.05) is 11.3 Å². The number of nitro groups is 1. The van der Waals surface area contributed by atoms with Crippen molar-refractivity contribution in [1.82, 2.24) is 4.31 Å². The van der Waals surface area contributed by atoms with Crippen molar-refractivity contribution in [1.29, 1.82) is 0 Å². The van der Waals surface area contributed by atoms with Crippen molar-refractivity contribution in [2.45, 2.75) is 17.1 Å². The Kier molecular flexibility index (Phi) is 4.81. The normalized spacial score (nSPS) is 20.4. The predicted octanol–water partition coefficient (Wildman–Crippen LogP) is 1.09. The van der Waals surface area contributed by atoms with Gasteiger partial charge < -0.3 is 10.4 Å². The molecule has 0 radical (unpaired) electrons. The van der Waals surface area contributed by atoms with Gasteiger partial charge in [0.05, 0.1) is 4.92 Å². The zero-order valence-corrected chi connectivity index (χ0v) is 13.1. The molecule has 2 N–H and O–H groups in total. The molecule has 1 aliphatic heterocycles. The summed E-state index contributed by atoms with van der Waals surface area (Å²) in [6.07, 6.45) is 1.46. The first-order chi connectivity index (χ1) is 9.90. The fourth-order valence-corrected chi connectivity index (χ4v) is 5.31. The van der Waals surface area contributed by atoms with E-state index in [2.05, 4.69) is 5.32 Å². The van der Waals surface area contributed by atoms with Gasteiger partial charge in [0.15, 0.2) is 5.00 Å². The number of nitrogens with one attached hydrogen (secondary N) is 1. The van der Waals surface area contributed by atoms with Crippen LogP contribution in [0, 0.1) is 16.0 Å². The van der Waals surface area contributed by atoms with Crippen molar-refractivity contribution in [3.05, 3.63) is 16.2 Å². The summed E-state index contributed by atoms with van der Waals surface area (Å²) in [7, 11) is -2.24. The molecule has 0 spiro atoms. The second-order valence-corrected chi connectivity index (χ2v) is 8.06.